The molecule has 0 saturated carbocycles. The zero-order chi connectivity index (χ0) is 30.6. The van der Waals surface area contributed by atoms with Crippen LogP contribution < -0.4 is 11.1 Å². The van der Waals surface area contributed by atoms with Crippen molar-refractivity contribution < 1.29 is 0 Å². The van der Waals surface area contributed by atoms with E-state index in [4.69, 9.17) is 9.97 Å². The molecule has 11 rings (SSSR count). The summed E-state index contributed by atoms with van der Waals surface area (Å²) >= 11 is 0. The summed E-state index contributed by atoms with van der Waals surface area (Å²) in [4.78, 5) is 38.4. The van der Waals surface area contributed by atoms with Crippen LogP contribution in [-0.2, 0) is 12.8 Å². The number of pyridine rings is 2. The smallest absolute Gasteiger partial charge is 0.264 e. The van der Waals surface area contributed by atoms with Crippen molar-refractivity contribution in [2.75, 3.05) is 0 Å². The van der Waals surface area contributed by atoms with Gasteiger partial charge in [-0.05, 0) is 105 Å². The number of hydrogen-bond acceptors (Lipinski definition) is 4. The van der Waals surface area contributed by atoms with Crippen LogP contribution in [-0.4, -0.2) is 18.8 Å². The molecule has 0 N–H and O–H groups in total. The first-order chi connectivity index (χ1) is 22.6. The van der Waals surface area contributed by atoms with Crippen LogP contribution in [0.15, 0.2) is 94.5 Å². The molecule has 11 aromatic rings. The highest BCUT2D eigenvalue weighted by atomic mass is 16.1. The van der Waals surface area contributed by atoms with Crippen LogP contribution in [0.5, 0.6) is 0 Å². The summed E-state index contributed by atoms with van der Waals surface area (Å²) in [7, 11) is 0. The highest BCUT2D eigenvalue weighted by molar-refractivity contribution is 6.40. The highest BCUT2D eigenvalue weighted by Crippen LogP contribution is 2.45. The van der Waals surface area contributed by atoms with Crippen molar-refractivity contribution in [2.24, 2.45) is 0 Å². The second kappa shape index (κ2) is 8.03. The Morgan fingerprint density at radius 1 is 0.457 bits per heavy atom. The van der Waals surface area contributed by atoms with Crippen LogP contribution in [0, 0.1) is 0 Å². The van der Waals surface area contributed by atoms with E-state index < -0.39 is 0 Å². The number of benzene rings is 7. The van der Waals surface area contributed by atoms with Gasteiger partial charge in [0.05, 0.1) is 22.1 Å². The van der Waals surface area contributed by atoms with Gasteiger partial charge in [-0.25, -0.2) is 9.97 Å². The summed E-state index contributed by atoms with van der Waals surface area (Å²) in [5, 5.41) is 11.6. The quantitative estimate of drug-likeness (QED) is 0.149. The monoisotopic (exact) mass is 592 g/mol. The minimum absolute atomic E-state index is 0.0475. The molecule has 0 amide bonds. The Morgan fingerprint density at radius 2 is 0.804 bits per heavy atom. The highest BCUT2D eigenvalue weighted by Gasteiger charge is 2.24. The molecular weight excluding hydrogens is 568 g/mol. The minimum atomic E-state index is -0.0475. The van der Waals surface area contributed by atoms with Gasteiger partial charge < -0.3 is 0 Å². The largest absolute Gasteiger partial charge is 0.268 e. The number of hydrogen-bond donors (Lipinski definition) is 0. The third-order valence-corrected chi connectivity index (χ3v) is 10.5. The maximum absolute atomic E-state index is 14.2. The van der Waals surface area contributed by atoms with Gasteiger partial charge in [-0.15, -0.1) is 0 Å². The lowest BCUT2D eigenvalue weighted by Crippen LogP contribution is -2.14. The van der Waals surface area contributed by atoms with Crippen molar-refractivity contribution >= 4 is 98.0 Å². The Morgan fingerprint density at radius 3 is 1.20 bits per heavy atom. The zero-order valence-corrected chi connectivity index (χ0v) is 25.1. The first-order valence-corrected chi connectivity index (χ1v) is 15.9. The zero-order valence-electron chi connectivity index (χ0n) is 25.1. The molecule has 0 fully saturated rings. The number of aryl methyl sites for hydroxylation is 2. The topological polar surface area (TPSA) is 68.7 Å². The van der Waals surface area contributed by atoms with Crippen LogP contribution in [0.4, 0.5) is 0 Å². The molecule has 0 atom stereocenters. The predicted molar refractivity (Wildman–Crippen MR) is 189 cm³/mol. The minimum Gasteiger partial charge on any atom is -0.268 e. The molecule has 0 spiro atoms. The lowest BCUT2D eigenvalue weighted by molar-refractivity contribution is 1.13. The van der Waals surface area contributed by atoms with Crippen molar-refractivity contribution in [1.29, 1.82) is 0 Å². The number of aromatic nitrogens is 4. The molecule has 6 nitrogen and oxygen atoms in total. The van der Waals surface area contributed by atoms with Gasteiger partial charge in [0.2, 0.25) is 0 Å². The average molecular weight is 593 g/mol. The molecule has 6 heteroatoms. The number of imidazole rings is 2. The Balaban J connectivity index is 1.34. The summed E-state index contributed by atoms with van der Waals surface area (Å²) in [5.41, 5.74) is 6.99. The molecular formula is C40H24N4O2. The van der Waals surface area contributed by atoms with E-state index in [-0.39, 0.29) is 11.1 Å². The molecule has 4 heterocycles. The van der Waals surface area contributed by atoms with E-state index in [1.807, 2.05) is 24.3 Å². The standard InChI is InChI=1S/C40H24N4O2/c1-3-19-5-15-29-31(17-19)43-37(41-29)25-11-7-21-24-10-14-28-36-26(38-42-30-16-6-20(4-2)18-32(30)44(38)40(28)46)12-8-22(34(24)36)23-9-13-27(39(43)45)35(25)33(21)23/h5-18H,3-4H2,1-2H3. The first kappa shape index (κ1) is 24.4. The summed E-state index contributed by atoms with van der Waals surface area (Å²) in [6.45, 7) is 4.24. The van der Waals surface area contributed by atoms with Crippen LogP contribution in [0.2, 0.25) is 0 Å². The van der Waals surface area contributed by atoms with Gasteiger partial charge in [0.25, 0.3) is 11.1 Å². The van der Waals surface area contributed by atoms with Crippen molar-refractivity contribution in [1.82, 2.24) is 18.8 Å². The molecule has 7 aromatic carbocycles. The molecule has 0 radical (unpaired) electrons. The van der Waals surface area contributed by atoms with Crippen LogP contribution in [0.1, 0.15) is 25.0 Å². The molecule has 0 bridgehead atoms. The third-order valence-electron chi connectivity index (χ3n) is 10.5. The van der Waals surface area contributed by atoms with Gasteiger partial charge in [-0.2, -0.15) is 0 Å². The lowest BCUT2D eigenvalue weighted by atomic mass is 9.86. The summed E-state index contributed by atoms with van der Waals surface area (Å²) in [6.07, 6.45) is 1.78. The Bertz CT molecular complexity index is 3020. The van der Waals surface area contributed by atoms with Crippen LogP contribution in [0.25, 0.3) is 98.0 Å². The Kier molecular flexibility index (Phi) is 4.27. The van der Waals surface area contributed by atoms with Crippen LogP contribution >= 0.6 is 0 Å². The molecule has 0 aliphatic rings. The van der Waals surface area contributed by atoms with Crippen molar-refractivity contribution in [3.8, 4) is 0 Å². The number of rotatable bonds is 2. The molecule has 46 heavy (non-hydrogen) atoms. The van der Waals surface area contributed by atoms with Gasteiger partial charge in [-0.1, -0.05) is 50.2 Å². The van der Waals surface area contributed by atoms with Crippen molar-refractivity contribution in [3.63, 3.8) is 0 Å². The number of nitrogens with zero attached hydrogens (tertiary/aromatic N) is 4. The average Bonchev–Trinajstić information content (AvgIpc) is 3.67. The SMILES string of the molecule is CCc1ccc2nc3c4ccc5c6ccc7c(=O)n8c9cc(CC)ccc9nc8c8ccc(c9ccc(c(=O)n3c2c1)c4c95)c6c78. The molecule has 0 unspecified atom stereocenters. The van der Waals surface area contributed by atoms with Gasteiger partial charge in [-0.3, -0.25) is 18.4 Å². The number of fused-ring (bicyclic) bond motifs is 10. The third kappa shape index (κ3) is 2.68. The Labute approximate surface area is 259 Å². The summed E-state index contributed by atoms with van der Waals surface area (Å²) < 4.78 is 3.58. The van der Waals surface area contributed by atoms with E-state index in [0.717, 1.165) is 88.8 Å². The van der Waals surface area contributed by atoms with Gasteiger partial charge >= 0.3 is 0 Å². The molecule has 0 aliphatic carbocycles. The molecule has 4 aromatic heterocycles. The van der Waals surface area contributed by atoms with Crippen molar-refractivity contribution in [2.45, 2.75) is 26.7 Å². The second-order valence-corrected chi connectivity index (χ2v) is 12.6. The summed E-state index contributed by atoms with van der Waals surface area (Å²) in [5.74, 6) is 0. The predicted octanol–water partition coefficient (Wildman–Crippen LogP) is 8.37. The molecule has 0 saturated heterocycles. The maximum atomic E-state index is 14.2. The van der Waals surface area contributed by atoms with E-state index in [1.54, 1.807) is 8.80 Å². The van der Waals surface area contributed by atoms with Crippen LogP contribution in [0.3, 0.4) is 0 Å². The van der Waals surface area contributed by atoms with E-state index >= 15 is 0 Å². The molecule has 0 aliphatic heterocycles. The maximum Gasteiger partial charge on any atom is 0.264 e. The van der Waals surface area contributed by atoms with E-state index in [1.165, 1.54) is 11.1 Å². The fourth-order valence-electron chi connectivity index (χ4n) is 8.31. The van der Waals surface area contributed by atoms with E-state index in [9.17, 15) is 9.59 Å². The fourth-order valence-corrected chi connectivity index (χ4v) is 8.31. The first-order valence-electron chi connectivity index (χ1n) is 15.9. The van der Waals surface area contributed by atoms with E-state index in [0.29, 0.717) is 22.1 Å². The van der Waals surface area contributed by atoms with Gasteiger partial charge in [0, 0.05) is 32.3 Å². The fraction of sp³-hybridized carbons (Fsp3) is 0.100. The molecule has 216 valence electrons. The van der Waals surface area contributed by atoms with E-state index in [2.05, 4.69) is 74.5 Å². The lowest BCUT2D eigenvalue weighted by Gasteiger charge is -2.18. The van der Waals surface area contributed by atoms with Crippen molar-refractivity contribution in [3.05, 3.63) is 117 Å². The van der Waals surface area contributed by atoms with Gasteiger partial charge in [0.1, 0.15) is 11.3 Å². The normalized spacial score (nSPS) is 12.9. The second-order valence-electron chi connectivity index (χ2n) is 12.6. The Hall–Kier alpha value is -5.88. The van der Waals surface area contributed by atoms with Gasteiger partial charge in [0.15, 0.2) is 0 Å². The summed E-state index contributed by atoms with van der Waals surface area (Å²) in [6, 6.07) is 29.1.